The van der Waals surface area contributed by atoms with E-state index in [4.69, 9.17) is 15.2 Å². The largest absolute Gasteiger partial charge is 0.490 e. The molecule has 17 heavy (non-hydrogen) atoms. The molecule has 2 N–H and O–H groups in total. The molecule has 5 heteroatoms. The number of para-hydroxylation sites is 1. The first-order chi connectivity index (χ1) is 8.25. The summed E-state index contributed by atoms with van der Waals surface area (Å²) in [6.07, 6.45) is 1.70. The molecule has 1 aromatic heterocycles. The number of nitrogen functional groups attached to an aromatic ring is 1. The molecule has 1 aromatic carbocycles. The van der Waals surface area contributed by atoms with Crippen LogP contribution in [0.5, 0.6) is 11.6 Å². The van der Waals surface area contributed by atoms with Gasteiger partial charge in [-0.25, -0.2) is 0 Å². The summed E-state index contributed by atoms with van der Waals surface area (Å²) in [7, 11) is 1.80. The van der Waals surface area contributed by atoms with Crippen molar-refractivity contribution < 1.29 is 9.47 Å². The molecule has 0 bridgehead atoms. The van der Waals surface area contributed by atoms with E-state index in [-0.39, 0.29) is 0 Å². The fourth-order valence-corrected chi connectivity index (χ4v) is 1.41. The van der Waals surface area contributed by atoms with Gasteiger partial charge in [-0.2, -0.15) is 0 Å². The minimum absolute atomic E-state index is 0.413. The minimum Gasteiger partial charge on any atom is -0.490 e. The van der Waals surface area contributed by atoms with Gasteiger partial charge in [-0.3, -0.25) is 4.68 Å². The number of hydrogen-bond donors (Lipinski definition) is 1. The molecule has 2 aromatic rings. The number of rotatable bonds is 5. The van der Waals surface area contributed by atoms with Crippen LogP contribution >= 0.6 is 0 Å². The van der Waals surface area contributed by atoms with E-state index in [1.54, 1.807) is 17.9 Å². The van der Waals surface area contributed by atoms with Crippen LogP contribution in [0.1, 0.15) is 0 Å². The van der Waals surface area contributed by atoms with Crippen LogP contribution < -0.4 is 15.2 Å². The molecule has 1 heterocycles. The van der Waals surface area contributed by atoms with Crippen LogP contribution in [-0.2, 0) is 7.05 Å². The number of hydrogen-bond acceptors (Lipinski definition) is 4. The Morgan fingerprint density at radius 3 is 2.53 bits per heavy atom. The second-order valence-corrected chi connectivity index (χ2v) is 3.57. The number of nitrogens with zero attached hydrogens (tertiary/aromatic N) is 2. The Balaban J connectivity index is 1.75. The predicted octanol–water partition coefficient (Wildman–Crippen LogP) is 1.46. The summed E-state index contributed by atoms with van der Waals surface area (Å²) in [4.78, 5) is 0. The third kappa shape index (κ3) is 3.14. The normalized spacial score (nSPS) is 10.2. The number of anilines is 1. The zero-order chi connectivity index (χ0) is 12.1. The molecule has 0 spiro atoms. The highest BCUT2D eigenvalue weighted by molar-refractivity contribution is 5.45. The van der Waals surface area contributed by atoms with E-state index >= 15 is 0 Å². The van der Waals surface area contributed by atoms with Crippen molar-refractivity contribution in [1.29, 1.82) is 0 Å². The molecule has 0 unspecified atom stereocenters. The maximum absolute atomic E-state index is 5.69. The minimum atomic E-state index is 0.413. The van der Waals surface area contributed by atoms with Gasteiger partial charge < -0.3 is 15.2 Å². The van der Waals surface area contributed by atoms with Crippen molar-refractivity contribution in [3.05, 3.63) is 36.5 Å². The lowest BCUT2D eigenvalue weighted by Crippen LogP contribution is -2.10. The van der Waals surface area contributed by atoms with Crippen LogP contribution in [0.2, 0.25) is 0 Å². The second-order valence-electron chi connectivity index (χ2n) is 3.57. The van der Waals surface area contributed by atoms with Gasteiger partial charge in [-0.15, -0.1) is 5.10 Å². The summed E-state index contributed by atoms with van der Waals surface area (Å²) in [6, 6.07) is 9.59. The van der Waals surface area contributed by atoms with Gasteiger partial charge in [0.1, 0.15) is 24.7 Å². The fraction of sp³-hybridized carbons (Fsp3) is 0.250. The Bertz CT molecular complexity index is 468. The first-order valence-electron chi connectivity index (χ1n) is 5.35. The molecular weight excluding hydrogens is 218 g/mol. The quantitative estimate of drug-likeness (QED) is 0.794. The smallest absolute Gasteiger partial charge is 0.256 e. The molecule has 0 aliphatic rings. The van der Waals surface area contributed by atoms with Gasteiger partial charge in [0.05, 0.1) is 6.20 Å². The molecule has 2 rings (SSSR count). The summed E-state index contributed by atoms with van der Waals surface area (Å²) in [5, 5.41) is 4.07. The highest BCUT2D eigenvalue weighted by atomic mass is 16.5. The number of aromatic nitrogens is 2. The standard InChI is InChI=1S/C12H15N3O2/c1-15-9-11(13)12(14-15)17-8-7-16-10-5-3-2-4-6-10/h2-6,9H,7-8,13H2,1H3. The molecule has 5 nitrogen and oxygen atoms in total. The van der Waals surface area contributed by atoms with Crippen molar-refractivity contribution in [3.63, 3.8) is 0 Å². The number of benzene rings is 1. The Hall–Kier alpha value is -2.17. The molecule has 0 aliphatic carbocycles. The van der Waals surface area contributed by atoms with Gasteiger partial charge in [0.15, 0.2) is 0 Å². The second kappa shape index (κ2) is 5.25. The van der Waals surface area contributed by atoms with Crippen molar-refractivity contribution in [3.8, 4) is 11.6 Å². The zero-order valence-corrected chi connectivity index (χ0v) is 9.67. The van der Waals surface area contributed by atoms with E-state index in [1.165, 1.54) is 0 Å². The average molecular weight is 233 g/mol. The Labute approximate surface area is 99.8 Å². The van der Waals surface area contributed by atoms with Gasteiger partial charge in [0.2, 0.25) is 0 Å². The van der Waals surface area contributed by atoms with Crippen LogP contribution in [-0.4, -0.2) is 23.0 Å². The van der Waals surface area contributed by atoms with Crippen molar-refractivity contribution >= 4 is 5.69 Å². The highest BCUT2D eigenvalue weighted by Crippen LogP contribution is 2.17. The van der Waals surface area contributed by atoms with E-state index in [0.717, 1.165) is 5.75 Å². The first-order valence-corrected chi connectivity index (χ1v) is 5.35. The summed E-state index contributed by atoms with van der Waals surface area (Å²) in [5.74, 6) is 1.27. The lowest BCUT2D eigenvalue weighted by molar-refractivity contribution is 0.211. The third-order valence-electron chi connectivity index (χ3n) is 2.16. The number of aryl methyl sites for hydroxylation is 1. The first kappa shape index (κ1) is 11.3. The van der Waals surface area contributed by atoms with Crippen LogP contribution in [0.4, 0.5) is 5.69 Å². The van der Waals surface area contributed by atoms with Crippen LogP contribution in [0.25, 0.3) is 0 Å². The summed E-state index contributed by atoms with van der Waals surface area (Å²) in [6.45, 7) is 0.871. The fourth-order valence-electron chi connectivity index (χ4n) is 1.41. The molecule has 0 radical (unpaired) electrons. The maximum Gasteiger partial charge on any atom is 0.256 e. The van der Waals surface area contributed by atoms with Crippen molar-refractivity contribution in [2.45, 2.75) is 0 Å². The van der Waals surface area contributed by atoms with E-state index in [2.05, 4.69) is 5.10 Å². The summed E-state index contributed by atoms with van der Waals surface area (Å²) < 4.78 is 12.5. The molecule has 0 amide bonds. The topological polar surface area (TPSA) is 62.3 Å². The Kier molecular flexibility index (Phi) is 3.49. The summed E-state index contributed by atoms with van der Waals surface area (Å²) in [5.41, 5.74) is 6.22. The molecule has 0 saturated carbocycles. The molecular formula is C12H15N3O2. The van der Waals surface area contributed by atoms with Crippen LogP contribution in [0, 0.1) is 0 Å². The SMILES string of the molecule is Cn1cc(N)c(OCCOc2ccccc2)n1. The van der Waals surface area contributed by atoms with Gasteiger partial charge in [-0.05, 0) is 12.1 Å². The van der Waals surface area contributed by atoms with Crippen molar-refractivity contribution in [2.75, 3.05) is 18.9 Å². The van der Waals surface area contributed by atoms with Crippen molar-refractivity contribution in [1.82, 2.24) is 9.78 Å². The highest BCUT2D eigenvalue weighted by Gasteiger charge is 2.04. The Morgan fingerprint density at radius 1 is 1.18 bits per heavy atom. The van der Waals surface area contributed by atoms with E-state index < -0.39 is 0 Å². The van der Waals surface area contributed by atoms with Crippen LogP contribution in [0.15, 0.2) is 36.5 Å². The van der Waals surface area contributed by atoms with Gasteiger partial charge in [0.25, 0.3) is 5.88 Å². The third-order valence-corrected chi connectivity index (χ3v) is 2.16. The maximum atomic E-state index is 5.69. The molecule has 0 aliphatic heterocycles. The predicted molar refractivity (Wildman–Crippen MR) is 65.1 cm³/mol. The zero-order valence-electron chi connectivity index (χ0n) is 9.67. The van der Waals surface area contributed by atoms with Crippen molar-refractivity contribution in [2.24, 2.45) is 7.05 Å². The lowest BCUT2D eigenvalue weighted by Gasteiger charge is -2.06. The van der Waals surface area contributed by atoms with Gasteiger partial charge >= 0.3 is 0 Å². The van der Waals surface area contributed by atoms with Gasteiger partial charge in [0, 0.05) is 7.05 Å². The monoisotopic (exact) mass is 233 g/mol. The molecule has 0 saturated heterocycles. The molecule has 90 valence electrons. The van der Waals surface area contributed by atoms with Crippen LogP contribution in [0.3, 0.4) is 0 Å². The average Bonchev–Trinajstić information content (AvgIpc) is 2.65. The Morgan fingerprint density at radius 2 is 1.88 bits per heavy atom. The lowest BCUT2D eigenvalue weighted by atomic mass is 10.3. The van der Waals surface area contributed by atoms with E-state index in [1.807, 2.05) is 30.3 Å². The molecule has 0 fully saturated rings. The van der Waals surface area contributed by atoms with Gasteiger partial charge in [-0.1, -0.05) is 18.2 Å². The number of ether oxygens (including phenoxy) is 2. The van der Waals surface area contributed by atoms with E-state index in [0.29, 0.717) is 24.8 Å². The molecule has 0 atom stereocenters. The number of nitrogens with two attached hydrogens (primary N) is 1. The summed E-state index contributed by atoms with van der Waals surface area (Å²) >= 11 is 0. The van der Waals surface area contributed by atoms with E-state index in [9.17, 15) is 0 Å².